The van der Waals surface area contributed by atoms with Crippen molar-refractivity contribution in [3.63, 3.8) is 0 Å². The van der Waals surface area contributed by atoms with Crippen molar-refractivity contribution in [3.05, 3.63) is 0 Å². The number of hydrogen-bond acceptors (Lipinski definition) is 1. The van der Waals surface area contributed by atoms with Crippen molar-refractivity contribution in [1.82, 2.24) is 4.90 Å². The van der Waals surface area contributed by atoms with E-state index < -0.39 is 0 Å². The fourth-order valence-corrected chi connectivity index (χ4v) is 5.12. The van der Waals surface area contributed by atoms with E-state index in [-0.39, 0.29) is 0 Å². The minimum absolute atomic E-state index is 0.860. The second-order valence-electron chi connectivity index (χ2n) is 5.88. The number of hydrogen-bond donors (Lipinski definition) is 0. The van der Waals surface area contributed by atoms with E-state index in [0.717, 1.165) is 34.7 Å². The molecule has 1 aliphatic heterocycles. The molecule has 4 rings (SSSR count). The Hall–Kier alpha value is -0.0400. The van der Waals surface area contributed by atoms with Crippen LogP contribution in [-0.4, -0.2) is 24.0 Å². The molecule has 3 saturated carbocycles. The molecular weight excluding hydrogens is 146 g/mol. The van der Waals surface area contributed by atoms with Crippen LogP contribution in [0.2, 0.25) is 0 Å². The number of rotatable bonds is 0. The van der Waals surface area contributed by atoms with Gasteiger partial charge in [-0.25, -0.2) is 0 Å². The maximum atomic E-state index is 2.64. The van der Waals surface area contributed by atoms with Crippen molar-refractivity contribution in [2.45, 2.75) is 38.8 Å². The van der Waals surface area contributed by atoms with Crippen molar-refractivity contribution >= 4 is 0 Å². The van der Waals surface area contributed by atoms with Gasteiger partial charge in [-0.3, -0.25) is 4.90 Å². The van der Waals surface area contributed by atoms with Gasteiger partial charge >= 0.3 is 0 Å². The van der Waals surface area contributed by atoms with E-state index in [0.29, 0.717) is 0 Å². The summed E-state index contributed by atoms with van der Waals surface area (Å²) in [7, 11) is 2.33. The highest BCUT2D eigenvalue weighted by Gasteiger charge is 2.96. The Morgan fingerprint density at radius 1 is 1.33 bits per heavy atom. The molecule has 12 heavy (non-hydrogen) atoms. The van der Waals surface area contributed by atoms with Gasteiger partial charge in [-0.05, 0) is 42.6 Å². The monoisotopic (exact) mass is 163 g/mol. The van der Waals surface area contributed by atoms with Crippen molar-refractivity contribution in [2.75, 3.05) is 7.05 Å². The maximum Gasteiger partial charge on any atom is 0.0319 e. The average molecular weight is 163 g/mol. The van der Waals surface area contributed by atoms with Crippen LogP contribution < -0.4 is 0 Å². The second-order valence-corrected chi connectivity index (χ2v) is 5.88. The number of likely N-dealkylation sites (N-methyl/N-ethyl adjacent to an activating group) is 1. The van der Waals surface area contributed by atoms with Crippen LogP contribution in [0.15, 0.2) is 0 Å². The molecule has 4 aliphatic rings. The highest BCUT2D eigenvalue weighted by atomic mass is 15.4. The molecule has 0 N–H and O–H groups in total. The summed E-state index contributed by atoms with van der Waals surface area (Å²) in [6, 6.07) is 1.99. The van der Waals surface area contributed by atoms with Gasteiger partial charge in [0.15, 0.2) is 0 Å². The van der Waals surface area contributed by atoms with Crippen LogP contribution in [0.25, 0.3) is 0 Å². The van der Waals surface area contributed by atoms with Gasteiger partial charge in [0, 0.05) is 12.1 Å². The third-order valence-electron chi connectivity index (χ3n) is 5.87. The molecule has 0 aromatic rings. The van der Waals surface area contributed by atoms with E-state index in [9.17, 15) is 0 Å². The van der Waals surface area contributed by atoms with E-state index in [2.05, 4.69) is 25.8 Å². The lowest BCUT2D eigenvalue weighted by Gasteiger charge is -2.13. The summed E-state index contributed by atoms with van der Waals surface area (Å²) in [6.07, 6.45) is 3.12. The first-order chi connectivity index (χ1) is 5.65. The molecule has 0 bridgehead atoms. The van der Waals surface area contributed by atoms with Gasteiger partial charge < -0.3 is 0 Å². The van der Waals surface area contributed by atoms with Gasteiger partial charge in [-0.2, -0.15) is 0 Å². The summed E-state index contributed by atoms with van der Waals surface area (Å²) in [5, 5.41) is 0. The third-order valence-corrected chi connectivity index (χ3v) is 5.87. The van der Waals surface area contributed by atoms with Crippen LogP contribution in [0.4, 0.5) is 0 Å². The Bertz CT molecular complexity index is 287. The van der Waals surface area contributed by atoms with E-state index in [1.54, 1.807) is 12.8 Å². The maximum absolute atomic E-state index is 2.64. The van der Waals surface area contributed by atoms with Crippen LogP contribution in [0.5, 0.6) is 0 Å². The minimum Gasteiger partial charge on any atom is -0.296 e. The fourth-order valence-electron chi connectivity index (χ4n) is 5.12. The predicted molar refractivity (Wildman–Crippen MR) is 47.8 cm³/mol. The summed E-state index contributed by atoms with van der Waals surface area (Å²) in [6.45, 7) is 4.95. The number of nitrogens with zero attached hydrogens (tertiary/aromatic N) is 1. The Kier molecular flexibility index (Phi) is 0.693. The molecule has 0 radical (unpaired) electrons. The van der Waals surface area contributed by atoms with Crippen LogP contribution >= 0.6 is 0 Å². The molecule has 0 aromatic carbocycles. The van der Waals surface area contributed by atoms with Crippen LogP contribution in [0, 0.1) is 22.7 Å². The first-order valence-corrected chi connectivity index (χ1v) is 5.37. The first-order valence-electron chi connectivity index (χ1n) is 5.37. The third kappa shape index (κ3) is 0.348. The van der Waals surface area contributed by atoms with Crippen LogP contribution in [0.1, 0.15) is 26.7 Å². The second kappa shape index (κ2) is 1.30. The summed E-state index contributed by atoms with van der Waals surface area (Å²) >= 11 is 0. The molecule has 1 heterocycles. The highest BCUT2D eigenvalue weighted by Crippen LogP contribution is 2.97. The van der Waals surface area contributed by atoms with Gasteiger partial charge in [-0.1, -0.05) is 13.8 Å². The standard InChI is InChI=1S/C11H17N/c1-6-4-10-5-11(10,7(10)2)9-8(6)12(9)3/h6-9H,4-5H2,1-3H3/t6-,7+,8-,9?,10?,11?,12+/m1/s1. The zero-order valence-corrected chi connectivity index (χ0v) is 8.17. The summed E-state index contributed by atoms with van der Waals surface area (Å²) in [5.74, 6) is 2.06. The topological polar surface area (TPSA) is 3.01 Å². The quantitative estimate of drug-likeness (QED) is 0.491. The largest absolute Gasteiger partial charge is 0.296 e. The Labute approximate surface area is 74.1 Å². The Morgan fingerprint density at radius 2 is 2.08 bits per heavy atom. The number of likely N-dealkylation sites (tertiary alicyclic amines) is 1. The van der Waals surface area contributed by atoms with Gasteiger partial charge in [0.05, 0.1) is 0 Å². The molecule has 0 amide bonds. The van der Waals surface area contributed by atoms with Gasteiger partial charge in [-0.15, -0.1) is 0 Å². The van der Waals surface area contributed by atoms with Gasteiger partial charge in [0.25, 0.3) is 0 Å². The molecular formula is C11H17N. The van der Waals surface area contributed by atoms with E-state index >= 15 is 0 Å². The van der Waals surface area contributed by atoms with E-state index in [1.165, 1.54) is 0 Å². The van der Waals surface area contributed by atoms with Crippen LogP contribution in [0.3, 0.4) is 0 Å². The first kappa shape index (κ1) is 6.42. The lowest BCUT2D eigenvalue weighted by Crippen LogP contribution is -2.15. The normalized spacial score (nSPS) is 81.8. The van der Waals surface area contributed by atoms with Crippen molar-refractivity contribution in [3.8, 4) is 0 Å². The molecule has 1 nitrogen and oxygen atoms in total. The van der Waals surface area contributed by atoms with Crippen molar-refractivity contribution < 1.29 is 0 Å². The molecule has 66 valence electrons. The summed E-state index contributed by atoms with van der Waals surface area (Å²) < 4.78 is 0. The lowest BCUT2D eigenvalue weighted by molar-refractivity contribution is 0.363. The lowest BCUT2D eigenvalue weighted by atomic mass is 9.91. The zero-order chi connectivity index (χ0) is 8.30. The highest BCUT2D eigenvalue weighted by molar-refractivity contribution is 5.46. The Balaban J connectivity index is 1.80. The number of fused-ring (bicyclic) bond motifs is 1. The van der Waals surface area contributed by atoms with Gasteiger partial charge in [0.2, 0.25) is 0 Å². The SMILES string of the molecule is C[C@@H]1CC23CC2(C2[C@@H]1[N@]2C)[C@H]3C. The van der Waals surface area contributed by atoms with Crippen LogP contribution in [-0.2, 0) is 0 Å². The molecule has 3 aliphatic carbocycles. The molecule has 3 unspecified atom stereocenters. The molecule has 1 heteroatoms. The summed E-state index contributed by atoms with van der Waals surface area (Å²) in [4.78, 5) is 2.64. The van der Waals surface area contributed by atoms with Crippen molar-refractivity contribution in [1.29, 1.82) is 0 Å². The zero-order valence-electron chi connectivity index (χ0n) is 8.17. The summed E-state index contributed by atoms with van der Waals surface area (Å²) in [5.41, 5.74) is 1.73. The average Bonchev–Trinajstić information content (AvgIpc) is 2.89. The molecule has 0 spiro atoms. The predicted octanol–water partition coefficient (Wildman–Crippen LogP) is 1.74. The molecule has 1 saturated heterocycles. The van der Waals surface area contributed by atoms with E-state index in [1.807, 2.05) is 0 Å². The Morgan fingerprint density at radius 3 is 2.75 bits per heavy atom. The van der Waals surface area contributed by atoms with Crippen molar-refractivity contribution in [2.24, 2.45) is 22.7 Å². The fraction of sp³-hybridized carbons (Fsp3) is 1.00. The van der Waals surface area contributed by atoms with Gasteiger partial charge in [0.1, 0.15) is 0 Å². The molecule has 4 fully saturated rings. The minimum atomic E-state index is 0.860. The molecule has 7 atom stereocenters. The smallest absolute Gasteiger partial charge is 0.0319 e. The molecule has 0 aromatic heterocycles. The van der Waals surface area contributed by atoms with E-state index in [4.69, 9.17) is 0 Å².